The summed E-state index contributed by atoms with van der Waals surface area (Å²) in [7, 11) is -2.94. The largest absolute Gasteiger partial charge is 0.455 e. The van der Waals surface area contributed by atoms with Crippen molar-refractivity contribution in [3.63, 3.8) is 0 Å². The van der Waals surface area contributed by atoms with Gasteiger partial charge in [0.05, 0.1) is 17.1 Å². The van der Waals surface area contributed by atoms with Gasteiger partial charge in [-0.15, -0.1) is 0 Å². The Balaban J connectivity index is 1.30. The molecule has 249 valence electrons. The lowest BCUT2D eigenvalue weighted by Crippen LogP contribution is -2.74. The fourth-order valence-electron chi connectivity index (χ4n) is 8.47. The van der Waals surface area contributed by atoms with Gasteiger partial charge in [-0.1, -0.05) is 158 Å². The molecule has 8 aromatic carbocycles. The van der Waals surface area contributed by atoms with E-state index in [0.29, 0.717) is 5.56 Å². The number of furan rings is 1. The highest BCUT2D eigenvalue weighted by Crippen LogP contribution is 2.40. The summed E-state index contributed by atoms with van der Waals surface area (Å²) in [4.78, 5) is 0. The molecule has 0 radical (unpaired) electrons. The van der Waals surface area contributed by atoms with Crippen molar-refractivity contribution in [1.82, 2.24) is 4.57 Å². The van der Waals surface area contributed by atoms with Crippen molar-refractivity contribution in [1.29, 1.82) is 5.26 Å². The molecule has 10 rings (SSSR count). The quantitative estimate of drug-likeness (QED) is 0.129. The third kappa shape index (κ3) is 4.79. The van der Waals surface area contributed by atoms with Crippen molar-refractivity contribution in [3.8, 4) is 22.9 Å². The Kier molecular flexibility index (Phi) is 7.21. The maximum atomic E-state index is 10.1. The van der Waals surface area contributed by atoms with Crippen molar-refractivity contribution in [2.24, 2.45) is 0 Å². The Hall–Kier alpha value is -6.93. The second-order valence-corrected chi connectivity index (χ2v) is 17.4. The van der Waals surface area contributed by atoms with E-state index in [2.05, 4.69) is 187 Å². The molecule has 0 aliphatic carbocycles. The monoisotopic (exact) mass is 692 g/mol. The Labute approximate surface area is 308 Å². The Morgan fingerprint density at radius 3 is 1.66 bits per heavy atom. The van der Waals surface area contributed by atoms with E-state index in [-0.39, 0.29) is 0 Å². The van der Waals surface area contributed by atoms with E-state index < -0.39 is 8.07 Å². The molecule has 0 fully saturated rings. The normalized spacial score (nSPS) is 11.8. The molecular formula is C49H32N2OSi-. The van der Waals surface area contributed by atoms with Crippen LogP contribution in [0, 0.1) is 11.3 Å². The van der Waals surface area contributed by atoms with Crippen LogP contribution < -0.4 is 20.7 Å². The van der Waals surface area contributed by atoms with Crippen LogP contribution in [0.25, 0.3) is 60.6 Å². The van der Waals surface area contributed by atoms with Crippen LogP contribution in [0.15, 0.2) is 199 Å². The number of benzene rings is 8. The van der Waals surface area contributed by atoms with E-state index in [1.165, 1.54) is 31.5 Å². The summed E-state index contributed by atoms with van der Waals surface area (Å²) in [5.74, 6) is 0. The van der Waals surface area contributed by atoms with E-state index in [9.17, 15) is 5.26 Å². The molecule has 53 heavy (non-hydrogen) atoms. The number of para-hydroxylation sites is 3. The van der Waals surface area contributed by atoms with Crippen molar-refractivity contribution in [2.45, 2.75) is 0 Å². The van der Waals surface area contributed by atoms with Gasteiger partial charge >= 0.3 is 0 Å². The first-order valence-corrected chi connectivity index (χ1v) is 19.9. The second kappa shape index (κ2) is 12.4. The highest BCUT2D eigenvalue weighted by Gasteiger charge is 2.29. The number of hydrogen-bond donors (Lipinski definition) is 0. The maximum Gasteiger partial charge on any atom is 0.143 e. The third-order valence-corrected chi connectivity index (χ3v) is 15.5. The van der Waals surface area contributed by atoms with E-state index in [1.54, 1.807) is 0 Å². The molecule has 0 aliphatic heterocycles. The topological polar surface area (TPSA) is 41.9 Å². The van der Waals surface area contributed by atoms with Gasteiger partial charge in [0.25, 0.3) is 0 Å². The Bertz CT molecular complexity index is 2930. The standard InChI is InChI=1S/C49H32N2OSi/c50-33-34-15-13-21-39(29-34)53(37-17-3-1-4-18-37,38-19-5-2-6-20-38)40-22-14-16-35(30-40)44-31-36(32-45-43-25-9-12-28-48(43)52-49(44)45)51-46-26-10-7-23-41(46)42-24-8-11-27-47(42)51/h1-32H/q-1. The average molecular weight is 693 g/mol. The first-order valence-electron chi connectivity index (χ1n) is 17.9. The Morgan fingerprint density at radius 1 is 0.453 bits per heavy atom. The molecule has 2 aromatic heterocycles. The summed E-state index contributed by atoms with van der Waals surface area (Å²) in [6.07, 6.45) is 0. The van der Waals surface area contributed by atoms with Gasteiger partial charge in [-0.3, -0.25) is 0 Å². The molecule has 3 nitrogen and oxygen atoms in total. The lowest BCUT2D eigenvalue weighted by Gasteiger charge is -2.47. The van der Waals surface area contributed by atoms with Gasteiger partial charge in [0.1, 0.15) is 11.2 Å². The predicted octanol–water partition coefficient (Wildman–Crippen LogP) is 9.60. The first-order chi connectivity index (χ1) is 26.2. The summed E-state index contributed by atoms with van der Waals surface area (Å²) < 4.78 is 9.15. The summed E-state index contributed by atoms with van der Waals surface area (Å²) >= 11 is 0. The lowest BCUT2D eigenvalue weighted by atomic mass is 10.0. The Morgan fingerprint density at radius 2 is 1.00 bits per heavy atom. The van der Waals surface area contributed by atoms with E-state index >= 15 is 0 Å². The van der Waals surface area contributed by atoms with Gasteiger partial charge < -0.3 is 8.98 Å². The van der Waals surface area contributed by atoms with E-state index in [4.69, 9.17) is 4.42 Å². The third-order valence-electron chi connectivity index (χ3n) is 10.7. The fraction of sp³-hybridized carbons (Fsp3) is 0. The van der Waals surface area contributed by atoms with Crippen LogP contribution in [0.4, 0.5) is 0 Å². The van der Waals surface area contributed by atoms with Gasteiger partial charge in [-0.2, -0.15) is 26.0 Å². The van der Waals surface area contributed by atoms with Gasteiger partial charge in [-0.05, 0) is 50.0 Å². The molecule has 0 N–H and O–H groups in total. The van der Waals surface area contributed by atoms with E-state index in [0.717, 1.165) is 49.8 Å². The SMILES string of the molecule is N#Cc1cccc([Si-](c2ccccc2)(c2ccccc2)c2cccc(-c3cc(-n4c5ccccc5c5ccccc54)cc4c3oc3ccccc34)c2)c1. The van der Waals surface area contributed by atoms with Gasteiger partial charge in [0.2, 0.25) is 0 Å². The molecule has 0 unspecified atom stereocenters. The molecule has 0 amide bonds. The maximum absolute atomic E-state index is 10.1. The minimum Gasteiger partial charge on any atom is -0.455 e. The van der Waals surface area contributed by atoms with E-state index in [1.807, 2.05) is 18.2 Å². The molecule has 0 bridgehead atoms. The summed E-state index contributed by atoms with van der Waals surface area (Å²) in [6.45, 7) is 0. The minimum atomic E-state index is -2.94. The van der Waals surface area contributed by atoms with Crippen LogP contribution in [-0.2, 0) is 0 Å². The zero-order valence-corrected chi connectivity index (χ0v) is 29.8. The molecule has 0 aliphatic rings. The number of rotatable bonds is 6. The molecule has 10 aromatic rings. The van der Waals surface area contributed by atoms with Crippen LogP contribution in [0.2, 0.25) is 0 Å². The fourth-order valence-corrected chi connectivity index (χ4v) is 13.3. The van der Waals surface area contributed by atoms with Crippen LogP contribution in [0.1, 0.15) is 5.56 Å². The van der Waals surface area contributed by atoms with Crippen molar-refractivity contribution >= 4 is 72.6 Å². The number of hydrogen-bond acceptors (Lipinski definition) is 2. The number of nitriles is 1. The molecule has 0 atom stereocenters. The number of fused-ring (bicyclic) bond motifs is 6. The van der Waals surface area contributed by atoms with Crippen molar-refractivity contribution in [3.05, 3.63) is 200 Å². The lowest BCUT2D eigenvalue weighted by molar-refractivity contribution is 0.670. The average Bonchev–Trinajstić information content (AvgIpc) is 3.78. The smallest absolute Gasteiger partial charge is 0.143 e. The number of aromatic nitrogens is 1. The molecule has 4 heteroatoms. The van der Waals surface area contributed by atoms with Crippen LogP contribution in [0.3, 0.4) is 0 Å². The number of nitrogens with zero attached hydrogens (tertiary/aromatic N) is 2. The second-order valence-electron chi connectivity index (χ2n) is 13.6. The first kappa shape index (κ1) is 30.9. The summed E-state index contributed by atoms with van der Waals surface area (Å²) in [5.41, 5.74) is 7.91. The zero-order valence-electron chi connectivity index (χ0n) is 28.8. The zero-order chi connectivity index (χ0) is 35.4. The van der Waals surface area contributed by atoms with Gasteiger partial charge in [-0.25, -0.2) is 0 Å². The molecule has 0 saturated carbocycles. The highest BCUT2D eigenvalue weighted by atomic mass is 28.3. The van der Waals surface area contributed by atoms with Crippen LogP contribution in [0.5, 0.6) is 0 Å². The molecule has 0 spiro atoms. The molecular weight excluding hydrogens is 661 g/mol. The van der Waals surface area contributed by atoms with Crippen molar-refractivity contribution < 1.29 is 4.42 Å². The minimum absolute atomic E-state index is 0.658. The summed E-state index contributed by atoms with van der Waals surface area (Å²) in [5, 5.41) is 19.6. The predicted molar refractivity (Wildman–Crippen MR) is 222 cm³/mol. The van der Waals surface area contributed by atoms with Crippen molar-refractivity contribution in [2.75, 3.05) is 0 Å². The molecule has 0 saturated heterocycles. The highest BCUT2D eigenvalue weighted by molar-refractivity contribution is 7.20. The molecule has 2 heterocycles. The van der Waals surface area contributed by atoms with Gasteiger partial charge in [0.15, 0.2) is 0 Å². The summed E-state index contributed by atoms with van der Waals surface area (Å²) in [6, 6.07) is 71.6. The van der Waals surface area contributed by atoms with Crippen LogP contribution >= 0.6 is 0 Å². The van der Waals surface area contributed by atoms with Gasteiger partial charge in [0, 0.05) is 38.4 Å². The van der Waals surface area contributed by atoms with Crippen LogP contribution in [-0.4, -0.2) is 12.6 Å².